The van der Waals surface area contributed by atoms with Crippen LogP contribution in [0.25, 0.3) is 0 Å². The molecule has 0 fully saturated rings. The maximum absolute atomic E-state index is 12.2. The molecule has 0 radical (unpaired) electrons. The number of carbonyl (C=O) groups is 1. The van der Waals surface area contributed by atoms with Gasteiger partial charge in [-0.05, 0) is 29.2 Å². The van der Waals surface area contributed by atoms with Gasteiger partial charge in [-0.3, -0.25) is 4.79 Å². The molecular formula is C18H24N4O. The van der Waals surface area contributed by atoms with Crippen molar-refractivity contribution in [3.63, 3.8) is 0 Å². The number of nitrogens with zero attached hydrogens (tertiary/aromatic N) is 3. The highest BCUT2D eigenvalue weighted by atomic mass is 16.1. The van der Waals surface area contributed by atoms with E-state index < -0.39 is 0 Å². The van der Waals surface area contributed by atoms with Crippen molar-refractivity contribution >= 4 is 11.7 Å². The average molecular weight is 312 g/mol. The quantitative estimate of drug-likeness (QED) is 0.943. The minimum atomic E-state index is -0.121. The van der Waals surface area contributed by atoms with Crippen LogP contribution in [0.2, 0.25) is 0 Å². The van der Waals surface area contributed by atoms with Crippen LogP contribution < -0.4 is 10.2 Å². The Balaban J connectivity index is 2.01. The second-order valence-corrected chi connectivity index (χ2v) is 6.74. The van der Waals surface area contributed by atoms with Crippen LogP contribution in [0.1, 0.15) is 42.5 Å². The molecule has 5 heteroatoms. The number of aromatic nitrogens is 2. The third-order valence-electron chi connectivity index (χ3n) is 3.57. The molecule has 0 bridgehead atoms. The van der Waals surface area contributed by atoms with E-state index >= 15 is 0 Å². The molecule has 0 spiro atoms. The molecule has 1 aromatic heterocycles. The molecule has 1 heterocycles. The zero-order valence-electron chi connectivity index (χ0n) is 14.4. The molecule has 0 aliphatic carbocycles. The lowest BCUT2D eigenvalue weighted by molar-refractivity contribution is 0.0950. The van der Waals surface area contributed by atoms with Gasteiger partial charge in [-0.25, -0.2) is 9.97 Å². The van der Waals surface area contributed by atoms with E-state index in [1.165, 1.54) is 5.56 Å². The summed E-state index contributed by atoms with van der Waals surface area (Å²) in [5.41, 5.74) is 1.92. The Labute approximate surface area is 137 Å². The van der Waals surface area contributed by atoms with Crippen LogP contribution >= 0.6 is 0 Å². The first-order valence-electron chi connectivity index (χ1n) is 7.65. The molecule has 2 rings (SSSR count). The fraction of sp³-hybridized carbons (Fsp3) is 0.389. The smallest absolute Gasteiger partial charge is 0.251 e. The van der Waals surface area contributed by atoms with Gasteiger partial charge >= 0.3 is 0 Å². The van der Waals surface area contributed by atoms with Crippen LogP contribution in [0.5, 0.6) is 0 Å². The predicted molar refractivity (Wildman–Crippen MR) is 92.7 cm³/mol. The molecule has 0 saturated carbocycles. The van der Waals surface area contributed by atoms with Crippen LogP contribution in [0.15, 0.2) is 36.5 Å². The van der Waals surface area contributed by atoms with Gasteiger partial charge in [0.2, 0.25) is 0 Å². The zero-order valence-corrected chi connectivity index (χ0v) is 14.4. The highest BCUT2D eigenvalue weighted by Crippen LogP contribution is 2.22. The summed E-state index contributed by atoms with van der Waals surface area (Å²) in [6, 6.07) is 9.53. The topological polar surface area (TPSA) is 58.1 Å². The monoisotopic (exact) mass is 312 g/mol. The zero-order chi connectivity index (χ0) is 17.0. The van der Waals surface area contributed by atoms with Gasteiger partial charge in [0.15, 0.2) is 0 Å². The lowest BCUT2D eigenvalue weighted by Gasteiger charge is -2.19. The SMILES string of the molecule is CN(C)c1ccnc(CNC(=O)c2ccc(C(C)(C)C)cc2)n1. The van der Waals surface area contributed by atoms with E-state index in [0.717, 1.165) is 5.82 Å². The van der Waals surface area contributed by atoms with Gasteiger partial charge in [0.05, 0.1) is 6.54 Å². The van der Waals surface area contributed by atoms with Gasteiger partial charge in [-0.2, -0.15) is 0 Å². The van der Waals surface area contributed by atoms with Gasteiger partial charge in [0, 0.05) is 25.9 Å². The van der Waals surface area contributed by atoms with E-state index in [-0.39, 0.29) is 11.3 Å². The van der Waals surface area contributed by atoms with Crippen LogP contribution in [0, 0.1) is 0 Å². The molecular weight excluding hydrogens is 288 g/mol. The summed E-state index contributed by atoms with van der Waals surface area (Å²) in [6.45, 7) is 6.76. The van der Waals surface area contributed by atoms with E-state index in [0.29, 0.717) is 17.9 Å². The fourth-order valence-corrected chi connectivity index (χ4v) is 2.11. The number of amides is 1. The molecule has 122 valence electrons. The highest BCUT2D eigenvalue weighted by molar-refractivity contribution is 5.94. The van der Waals surface area contributed by atoms with Crippen molar-refractivity contribution in [2.75, 3.05) is 19.0 Å². The third-order valence-corrected chi connectivity index (χ3v) is 3.57. The molecule has 0 atom stereocenters. The lowest BCUT2D eigenvalue weighted by Crippen LogP contribution is -2.24. The van der Waals surface area contributed by atoms with Crippen molar-refractivity contribution in [1.82, 2.24) is 15.3 Å². The summed E-state index contributed by atoms with van der Waals surface area (Å²) in [4.78, 5) is 22.7. The summed E-state index contributed by atoms with van der Waals surface area (Å²) in [6.07, 6.45) is 1.70. The largest absolute Gasteiger partial charge is 0.363 e. The van der Waals surface area contributed by atoms with E-state index in [9.17, 15) is 4.79 Å². The van der Waals surface area contributed by atoms with E-state index in [1.807, 2.05) is 49.3 Å². The standard InChI is InChI=1S/C18H24N4O/c1-18(2,3)14-8-6-13(7-9-14)17(23)20-12-15-19-11-10-16(21-15)22(4)5/h6-11H,12H2,1-5H3,(H,20,23). The molecule has 1 N–H and O–H groups in total. The van der Waals surface area contributed by atoms with Gasteiger partial charge in [-0.1, -0.05) is 32.9 Å². The van der Waals surface area contributed by atoms with Crippen LogP contribution in [-0.2, 0) is 12.0 Å². The number of anilines is 1. The highest BCUT2D eigenvalue weighted by Gasteiger charge is 2.14. The predicted octanol–water partition coefficient (Wildman–Crippen LogP) is 2.77. The van der Waals surface area contributed by atoms with E-state index in [2.05, 4.69) is 36.1 Å². The normalized spacial score (nSPS) is 11.2. The Morgan fingerprint density at radius 2 is 1.78 bits per heavy atom. The Morgan fingerprint density at radius 3 is 2.35 bits per heavy atom. The van der Waals surface area contributed by atoms with E-state index in [1.54, 1.807) is 6.20 Å². The second-order valence-electron chi connectivity index (χ2n) is 6.74. The number of rotatable bonds is 4. The molecule has 5 nitrogen and oxygen atoms in total. The Kier molecular flexibility index (Phi) is 4.98. The number of nitrogens with one attached hydrogen (secondary N) is 1. The minimum absolute atomic E-state index is 0.0788. The maximum atomic E-state index is 12.2. The average Bonchev–Trinajstić information content (AvgIpc) is 2.52. The van der Waals surface area contributed by atoms with Crippen molar-refractivity contribution in [1.29, 1.82) is 0 Å². The summed E-state index contributed by atoms with van der Waals surface area (Å²) in [5, 5.41) is 2.86. The summed E-state index contributed by atoms with van der Waals surface area (Å²) >= 11 is 0. The summed E-state index contributed by atoms with van der Waals surface area (Å²) < 4.78 is 0. The maximum Gasteiger partial charge on any atom is 0.251 e. The first-order chi connectivity index (χ1) is 10.8. The summed E-state index contributed by atoms with van der Waals surface area (Å²) in [5.74, 6) is 1.29. The van der Waals surface area contributed by atoms with Crippen molar-refractivity contribution in [3.8, 4) is 0 Å². The van der Waals surface area contributed by atoms with Gasteiger partial charge in [-0.15, -0.1) is 0 Å². The second kappa shape index (κ2) is 6.77. The number of carbonyl (C=O) groups excluding carboxylic acids is 1. The van der Waals surface area contributed by atoms with Gasteiger partial charge < -0.3 is 10.2 Å². The number of hydrogen-bond acceptors (Lipinski definition) is 4. The molecule has 23 heavy (non-hydrogen) atoms. The van der Waals surface area contributed by atoms with E-state index in [4.69, 9.17) is 0 Å². The van der Waals surface area contributed by atoms with Crippen LogP contribution in [0.3, 0.4) is 0 Å². The number of benzene rings is 1. The molecule has 1 amide bonds. The third kappa shape index (κ3) is 4.52. The van der Waals surface area contributed by atoms with Crippen molar-refractivity contribution < 1.29 is 4.79 Å². The van der Waals surface area contributed by atoms with Gasteiger partial charge in [0.25, 0.3) is 5.91 Å². The molecule has 0 aliphatic heterocycles. The Morgan fingerprint density at radius 1 is 1.13 bits per heavy atom. The first-order valence-corrected chi connectivity index (χ1v) is 7.65. The minimum Gasteiger partial charge on any atom is -0.363 e. The lowest BCUT2D eigenvalue weighted by atomic mass is 9.87. The summed E-state index contributed by atoms with van der Waals surface area (Å²) in [7, 11) is 3.84. The van der Waals surface area contributed by atoms with Crippen molar-refractivity contribution in [3.05, 3.63) is 53.5 Å². The first kappa shape index (κ1) is 16.9. The van der Waals surface area contributed by atoms with Crippen molar-refractivity contribution in [2.45, 2.75) is 32.7 Å². The molecule has 1 aromatic carbocycles. The number of hydrogen-bond donors (Lipinski definition) is 1. The van der Waals surface area contributed by atoms with Crippen molar-refractivity contribution in [2.24, 2.45) is 0 Å². The molecule has 0 aliphatic rings. The Hall–Kier alpha value is -2.43. The van der Waals surface area contributed by atoms with Crippen LogP contribution in [0.4, 0.5) is 5.82 Å². The molecule has 0 unspecified atom stereocenters. The molecule has 0 saturated heterocycles. The van der Waals surface area contributed by atoms with Gasteiger partial charge in [0.1, 0.15) is 11.6 Å². The molecule has 2 aromatic rings. The Bertz CT molecular complexity index is 672. The van der Waals surface area contributed by atoms with Crippen LogP contribution in [-0.4, -0.2) is 30.0 Å². The fourth-order valence-electron chi connectivity index (χ4n) is 2.11.